The molecule has 0 bridgehead atoms. The van der Waals surface area contributed by atoms with Crippen LogP contribution in [0.1, 0.15) is 92.4 Å². The number of nitrogens with zero attached hydrogens (tertiary/aromatic N) is 1. The highest BCUT2D eigenvalue weighted by Crippen LogP contribution is 2.38. The Hall–Kier alpha value is -0.790. The first-order chi connectivity index (χ1) is 11.1. The summed E-state index contributed by atoms with van der Waals surface area (Å²) in [5.41, 5.74) is 7.82. The molecule has 132 valence electrons. The average Bonchev–Trinajstić information content (AvgIpc) is 2.53. The van der Waals surface area contributed by atoms with Gasteiger partial charge in [-0.2, -0.15) is 5.10 Å². The van der Waals surface area contributed by atoms with Gasteiger partial charge in [0.25, 0.3) is 0 Å². The minimum atomic E-state index is 0.625. The second kappa shape index (κ2) is 8.89. The Morgan fingerprint density at radius 2 is 1.96 bits per heavy atom. The molecule has 1 N–H and O–H groups in total. The third-order valence-electron chi connectivity index (χ3n) is 6.41. The highest BCUT2D eigenvalue weighted by molar-refractivity contribution is 5.91. The van der Waals surface area contributed by atoms with E-state index in [9.17, 15) is 0 Å². The molecular weight excluding hydrogens is 280 g/mol. The predicted molar refractivity (Wildman–Crippen MR) is 101 cm³/mol. The maximum absolute atomic E-state index is 4.80. The van der Waals surface area contributed by atoms with Gasteiger partial charge in [0.15, 0.2) is 0 Å². The zero-order valence-corrected chi connectivity index (χ0v) is 16.1. The number of allylic oxidation sites excluding steroid dienone is 2. The summed E-state index contributed by atoms with van der Waals surface area (Å²) in [4.78, 5) is 0. The molecule has 2 aliphatic rings. The van der Waals surface area contributed by atoms with Gasteiger partial charge in [0.2, 0.25) is 0 Å². The molecule has 23 heavy (non-hydrogen) atoms. The number of hydrazone groups is 1. The summed E-state index contributed by atoms with van der Waals surface area (Å²) in [6.07, 6.45) is 12.0. The fraction of sp³-hybridized carbons (Fsp3) is 0.857. The van der Waals surface area contributed by atoms with E-state index in [1.165, 1.54) is 69.2 Å². The van der Waals surface area contributed by atoms with E-state index in [0.717, 1.165) is 11.8 Å². The summed E-state index contributed by atoms with van der Waals surface area (Å²) in [5.74, 6) is 3.04. The quantitative estimate of drug-likeness (QED) is 0.611. The molecule has 0 spiro atoms. The molecule has 1 fully saturated rings. The molecule has 1 aliphatic carbocycles. The molecule has 0 saturated heterocycles. The lowest BCUT2D eigenvalue weighted by Crippen LogP contribution is -2.33. The second-order valence-corrected chi connectivity index (χ2v) is 8.01. The van der Waals surface area contributed by atoms with E-state index in [2.05, 4.69) is 40.0 Å². The summed E-state index contributed by atoms with van der Waals surface area (Å²) in [6.45, 7) is 11.7. The van der Waals surface area contributed by atoms with Gasteiger partial charge in [0.05, 0.1) is 0 Å². The second-order valence-electron chi connectivity index (χ2n) is 8.01. The monoisotopic (exact) mass is 318 g/mol. The first-order valence-electron chi connectivity index (χ1n) is 10.1. The standard InChI is InChI=1S/C21H38N2/c1-6-8-10-16(4)21-20-12-9-11-18(15(3)7-2)13-14-19(20)17(5)22-23-21/h15-16,18,20,22H,6-14H2,1-5H3. The van der Waals surface area contributed by atoms with Crippen molar-refractivity contribution in [3.8, 4) is 0 Å². The molecule has 1 heterocycles. The molecule has 2 heteroatoms. The number of nitrogens with one attached hydrogen (secondary N) is 1. The van der Waals surface area contributed by atoms with Gasteiger partial charge >= 0.3 is 0 Å². The summed E-state index contributed by atoms with van der Waals surface area (Å²) in [7, 11) is 0. The van der Waals surface area contributed by atoms with E-state index >= 15 is 0 Å². The molecule has 2 nitrogen and oxygen atoms in total. The van der Waals surface area contributed by atoms with E-state index in [0.29, 0.717) is 11.8 Å². The molecule has 0 amide bonds. The van der Waals surface area contributed by atoms with Crippen molar-refractivity contribution in [3.05, 3.63) is 11.3 Å². The van der Waals surface area contributed by atoms with Crippen LogP contribution >= 0.6 is 0 Å². The zero-order chi connectivity index (χ0) is 16.8. The fourth-order valence-corrected chi connectivity index (χ4v) is 4.51. The number of unbranched alkanes of at least 4 members (excludes halogenated alkanes) is 1. The van der Waals surface area contributed by atoms with Crippen LogP contribution in [0.25, 0.3) is 0 Å². The topological polar surface area (TPSA) is 24.4 Å². The van der Waals surface area contributed by atoms with Crippen molar-refractivity contribution in [2.24, 2.45) is 28.8 Å². The molecule has 0 aromatic rings. The molecule has 0 radical (unpaired) electrons. The first kappa shape index (κ1) is 18.5. The Balaban J connectivity index is 2.09. The van der Waals surface area contributed by atoms with Crippen LogP contribution in [0, 0.1) is 23.7 Å². The Labute approximate surface area is 144 Å². The van der Waals surface area contributed by atoms with Crippen molar-refractivity contribution in [3.63, 3.8) is 0 Å². The molecule has 0 aromatic carbocycles. The van der Waals surface area contributed by atoms with Crippen LogP contribution < -0.4 is 5.43 Å². The molecule has 4 unspecified atom stereocenters. The van der Waals surface area contributed by atoms with Gasteiger partial charge in [0, 0.05) is 17.3 Å². The van der Waals surface area contributed by atoms with Crippen molar-refractivity contribution >= 4 is 5.71 Å². The zero-order valence-electron chi connectivity index (χ0n) is 16.1. The van der Waals surface area contributed by atoms with Gasteiger partial charge in [-0.25, -0.2) is 0 Å². The maximum Gasteiger partial charge on any atom is 0.0482 e. The van der Waals surface area contributed by atoms with Crippen LogP contribution in [-0.4, -0.2) is 5.71 Å². The molecule has 0 aromatic heterocycles. The van der Waals surface area contributed by atoms with E-state index in [-0.39, 0.29) is 0 Å². The summed E-state index contributed by atoms with van der Waals surface area (Å²) < 4.78 is 0. The Morgan fingerprint density at radius 1 is 1.17 bits per heavy atom. The Kier molecular flexibility index (Phi) is 7.17. The third kappa shape index (κ3) is 4.61. The third-order valence-corrected chi connectivity index (χ3v) is 6.41. The van der Waals surface area contributed by atoms with Crippen molar-refractivity contribution < 1.29 is 0 Å². The van der Waals surface area contributed by atoms with E-state index in [4.69, 9.17) is 5.10 Å². The molecule has 1 saturated carbocycles. The largest absolute Gasteiger partial charge is 0.283 e. The summed E-state index contributed by atoms with van der Waals surface area (Å²) >= 11 is 0. The first-order valence-corrected chi connectivity index (χ1v) is 10.1. The van der Waals surface area contributed by atoms with Crippen LogP contribution in [0.4, 0.5) is 0 Å². The predicted octanol–water partition coefficient (Wildman–Crippen LogP) is 6.29. The van der Waals surface area contributed by atoms with Gasteiger partial charge in [-0.05, 0) is 55.9 Å². The minimum Gasteiger partial charge on any atom is -0.283 e. The van der Waals surface area contributed by atoms with Crippen molar-refractivity contribution in [2.75, 3.05) is 0 Å². The summed E-state index contributed by atoms with van der Waals surface area (Å²) in [5, 5.41) is 4.80. The molecule has 1 aliphatic heterocycles. The van der Waals surface area contributed by atoms with Gasteiger partial charge in [-0.1, -0.05) is 59.8 Å². The lowest BCUT2D eigenvalue weighted by Gasteiger charge is -2.35. The van der Waals surface area contributed by atoms with E-state index in [1.807, 2.05) is 0 Å². The van der Waals surface area contributed by atoms with Gasteiger partial charge in [-0.3, -0.25) is 5.43 Å². The number of hydrogen-bond acceptors (Lipinski definition) is 2. The number of fused-ring (bicyclic) bond motifs is 1. The highest BCUT2D eigenvalue weighted by Gasteiger charge is 2.31. The van der Waals surface area contributed by atoms with E-state index < -0.39 is 0 Å². The maximum atomic E-state index is 4.80. The SMILES string of the molecule is CCCCC(C)C1=NNC(C)=C2CCC(C(C)CC)CCCC12. The normalized spacial score (nSPS) is 28.1. The lowest BCUT2D eigenvalue weighted by molar-refractivity contribution is 0.281. The Morgan fingerprint density at radius 3 is 2.65 bits per heavy atom. The number of hydrogen-bond donors (Lipinski definition) is 1. The molecular formula is C21H38N2. The van der Waals surface area contributed by atoms with Crippen LogP contribution in [0.2, 0.25) is 0 Å². The number of rotatable bonds is 6. The van der Waals surface area contributed by atoms with Gasteiger partial charge in [0.1, 0.15) is 0 Å². The molecule has 2 rings (SSSR count). The minimum absolute atomic E-state index is 0.625. The van der Waals surface area contributed by atoms with Crippen LogP contribution in [-0.2, 0) is 0 Å². The van der Waals surface area contributed by atoms with Crippen molar-refractivity contribution in [1.29, 1.82) is 0 Å². The average molecular weight is 319 g/mol. The lowest BCUT2D eigenvalue weighted by atomic mass is 9.73. The van der Waals surface area contributed by atoms with Crippen LogP contribution in [0.5, 0.6) is 0 Å². The molecule has 4 atom stereocenters. The van der Waals surface area contributed by atoms with Crippen LogP contribution in [0.15, 0.2) is 16.4 Å². The fourth-order valence-electron chi connectivity index (χ4n) is 4.51. The smallest absolute Gasteiger partial charge is 0.0482 e. The van der Waals surface area contributed by atoms with Crippen molar-refractivity contribution in [2.45, 2.75) is 92.4 Å². The van der Waals surface area contributed by atoms with E-state index in [1.54, 1.807) is 5.57 Å². The summed E-state index contributed by atoms with van der Waals surface area (Å²) in [6, 6.07) is 0. The Bertz CT molecular complexity index is 435. The van der Waals surface area contributed by atoms with Gasteiger partial charge in [-0.15, -0.1) is 0 Å². The highest BCUT2D eigenvalue weighted by atomic mass is 15.3. The van der Waals surface area contributed by atoms with Crippen molar-refractivity contribution in [1.82, 2.24) is 5.43 Å². The van der Waals surface area contributed by atoms with Crippen LogP contribution in [0.3, 0.4) is 0 Å². The van der Waals surface area contributed by atoms with Gasteiger partial charge < -0.3 is 0 Å².